The smallest absolute Gasteiger partial charge is 0.142 e. The average Bonchev–Trinajstić information content (AvgIpc) is 2.08. The molecule has 1 aromatic carbocycles. The Morgan fingerprint density at radius 1 is 1.38 bits per heavy atom. The first-order valence-corrected chi connectivity index (χ1v) is 4.77. The van der Waals surface area contributed by atoms with E-state index in [1.54, 1.807) is 6.07 Å². The number of hydrogen-bond donors (Lipinski definition) is 1. The van der Waals surface area contributed by atoms with Gasteiger partial charge in [0.2, 0.25) is 0 Å². The lowest BCUT2D eigenvalue weighted by Crippen LogP contribution is -2.27. The molecule has 0 heterocycles. The van der Waals surface area contributed by atoms with Crippen molar-refractivity contribution in [2.24, 2.45) is 5.73 Å². The number of nitrogens with two attached hydrogens (primary N) is 1. The normalized spacial score (nSPS) is 21.3. The second kappa shape index (κ2) is 3.28. The molecule has 0 spiro atoms. The molecular weight excluding hydrogens is 189 g/mol. The van der Waals surface area contributed by atoms with Crippen LogP contribution in [0.2, 0.25) is 5.02 Å². The summed E-state index contributed by atoms with van der Waals surface area (Å²) in [6.07, 6.45) is 2.65. The molecular formula is C10H11ClFN. The maximum atomic E-state index is 13.1. The lowest BCUT2D eigenvalue weighted by Gasteiger charge is -2.21. The maximum absolute atomic E-state index is 13.1. The van der Waals surface area contributed by atoms with Crippen molar-refractivity contribution < 1.29 is 4.39 Å². The van der Waals surface area contributed by atoms with Crippen molar-refractivity contribution in [3.05, 3.63) is 34.1 Å². The summed E-state index contributed by atoms with van der Waals surface area (Å²) in [5, 5.41) is 0.217. The van der Waals surface area contributed by atoms with Gasteiger partial charge in [0.05, 0.1) is 5.02 Å². The molecule has 1 nitrogen and oxygen atoms in total. The van der Waals surface area contributed by atoms with Crippen molar-refractivity contribution in [1.29, 1.82) is 0 Å². The van der Waals surface area contributed by atoms with Gasteiger partial charge in [-0.1, -0.05) is 11.6 Å². The molecule has 0 aliphatic heterocycles. The second-order valence-corrected chi connectivity index (χ2v) is 3.95. The Labute approximate surface area is 81.7 Å². The van der Waals surface area contributed by atoms with Crippen LogP contribution in [-0.4, -0.2) is 6.04 Å². The summed E-state index contributed by atoms with van der Waals surface area (Å²) < 4.78 is 13.1. The van der Waals surface area contributed by atoms with E-state index in [9.17, 15) is 4.39 Å². The van der Waals surface area contributed by atoms with Crippen LogP contribution in [0.25, 0.3) is 0 Å². The van der Waals surface area contributed by atoms with E-state index in [0.29, 0.717) is 0 Å². The van der Waals surface area contributed by atoms with Crippen molar-refractivity contribution in [2.45, 2.75) is 25.3 Å². The fourth-order valence-electron chi connectivity index (χ4n) is 1.78. The Morgan fingerprint density at radius 2 is 2.15 bits per heavy atom. The maximum Gasteiger partial charge on any atom is 0.142 e. The topological polar surface area (TPSA) is 26.0 Å². The zero-order valence-electron chi connectivity index (χ0n) is 7.19. The van der Waals surface area contributed by atoms with E-state index in [0.717, 1.165) is 30.4 Å². The van der Waals surface area contributed by atoms with Crippen molar-refractivity contribution in [2.75, 3.05) is 0 Å². The second-order valence-electron chi connectivity index (χ2n) is 3.54. The minimum absolute atomic E-state index is 0.174. The Balaban J connectivity index is 2.43. The summed E-state index contributed by atoms with van der Waals surface area (Å²) in [4.78, 5) is 0. The van der Waals surface area contributed by atoms with Gasteiger partial charge in [0.1, 0.15) is 5.82 Å². The third-order valence-corrected chi connectivity index (χ3v) is 2.80. The monoisotopic (exact) mass is 199 g/mol. The number of benzene rings is 1. The summed E-state index contributed by atoms with van der Waals surface area (Å²) in [5.41, 5.74) is 7.94. The Hall–Kier alpha value is -0.600. The highest BCUT2D eigenvalue weighted by Crippen LogP contribution is 2.26. The number of aryl methyl sites for hydroxylation is 1. The number of halogens is 2. The van der Waals surface area contributed by atoms with Crippen molar-refractivity contribution in [3.63, 3.8) is 0 Å². The third-order valence-electron chi connectivity index (χ3n) is 2.51. The lowest BCUT2D eigenvalue weighted by molar-refractivity contribution is 0.566. The van der Waals surface area contributed by atoms with E-state index in [1.807, 2.05) is 0 Å². The largest absolute Gasteiger partial charge is 0.327 e. The summed E-state index contributed by atoms with van der Waals surface area (Å²) in [5.74, 6) is -0.338. The highest BCUT2D eigenvalue weighted by atomic mass is 35.5. The van der Waals surface area contributed by atoms with Crippen LogP contribution in [0.3, 0.4) is 0 Å². The number of hydrogen-bond acceptors (Lipinski definition) is 1. The minimum atomic E-state index is -0.338. The SMILES string of the molecule is NC1CCc2cc(Cl)c(F)cc2C1. The Bertz CT molecular complexity index is 338. The molecule has 0 bridgehead atoms. The van der Waals surface area contributed by atoms with Crippen LogP contribution in [0.4, 0.5) is 4.39 Å². The van der Waals surface area contributed by atoms with Crippen molar-refractivity contribution in [1.82, 2.24) is 0 Å². The highest BCUT2D eigenvalue weighted by molar-refractivity contribution is 6.30. The van der Waals surface area contributed by atoms with Crippen molar-refractivity contribution in [3.8, 4) is 0 Å². The van der Waals surface area contributed by atoms with Gasteiger partial charge >= 0.3 is 0 Å². The lowest BCUT2D eigenvalue weighted by atomic mass is 9.89. The van der Waals surface area contributed by atoms with Crippen molar-refractivity contribution >= 4 is 11.6 Å². The van der Waals surface area contributed by atoms with E-state index in [-0.39, 0.29) is 16.9 Å². The van der Waals surface area contributed by atoms with E-state index in [4.69, 9.17) is 17.3 Å². The quantitative estimate of drug-likeness (QED) is 0.682. The molecule has 70 valence electrons. The zero-order valence-corrected chi connectivity index (χ0v) is 7.94. The van der Waals surface area contributed by atoms with Crippen LogP contribution in [0.1, 0.15) is 17.5 Å². The Morgan fingerprint density at radius 3 is 2.92 bits per heavy atom. The van der Waals surface area contributed by atoms with Crippen LogP contribution in [0, 0.1) is 5.82 Å². The fraction of sp³-hybridized carbons (Fsp3) is 0.400. The molecule has 0 amide bonds. The predicted molar refractivity (Wildman–Crippen MR) is 51.4 cm³/mol. The summed E-state index contributed by atoms with van der Waals surface area (Å²) in [6, 6.07) is 3.41. The molecule has 0 radical (unpaired) electrons. The standard InChI is InChI=1S/C10H11ClFN/c11-9-4-6-1-2-8(13)3-7(6)5-10(9)12/h4-5,8H,1-3,13H2. The first kappa shape index (κ1) is 8.97. The molecule has 1 aromatic rings. The molecule has 1 unspecified atom stereocenters. The van der Waals surface area contributed by atoms with Gasteiger partial charge in [-0.05, 0) is 42.5 Å². The van der Waals surface area contributed by atoms with Gasteiger partial charge in [-0.3, -0.25) is 0 Å². The van der Waals surface area contributed by atoms with E-state index in [1.165, 1.54) is 6.07 Å². The van der Waals surface area contributed by atoms with Crippen LogP contribution in [0.5, 0.6) is 0 Å². The molecule has 1 aliphatic carbocycles. The van der Waals surface area contributed by atoms with Gasteiger partial charge in [-0.25, -0.2) is 4.39 Å². The number of rotatable bonds is 0. The Kier molecular flexibility index (Phi) is 2.26. The fourth-order valence-corrected chi connectivity index (χ4v) is 1.96. The van der Waals surface area contributed by atoms with Crippen LogP contribution in [0.15, 0.2) is 12.1 Å². The molecule has 2 rings (SSSR count). The van der Waals surface area contributed by atoms with Gasteiger partial charge in [-0.2, -0.15) is 0 Å². The summed E-state index contributed by atoms with van der Waals surface area (Å²) in [6.45, 7) is 0. The van der Waals surface area contributed by atoms with E-state index < -0.39 is 0 Å². The molecule has 0 fully saturated rings. The molecule has 0 saturated carbocycles. The molecule has 1 aliphatic rings. The first-order valence-electron chi connectivity index (χ1n) is 4.39. The van der Waals surface area contributed by atoms with Gasteiger partial charge in [0, 0.05) is 6.04 Å². The van der Waals surface area contributed by atoms with Gasteiger partial charge < -0.3 is 5.73 Å². The molecule has 13 heavy (non-hydrogen) atoms. The van der Waals surface area contributed by atoms with Gasteiger partial charge in [0.25, 0.3) is 0 Å². The van der Waals surface area contributed by atoms with Crippen LogP contribution >= 0.6 is 11.6 Å². The third kappa shape index (κ3) is 1.69. The van der Waals surface area contributed by atoms with E-state index >= 15 is 0 Å². The van der Waals surface area contributed by atoms with Crippen LogP contribution < -0.4 is 5.73 Å². The molecule has 2 N–H and O–H groups in total. The zero-order chi connectivity index (χ0) is 9.42. The van der Waals surface area contributed by atoms with Crippen LogP contribution in [-0.2, 0) is 12.8 Å². The first-order chi connectivity index (χ1) is 6.16. The summed E-state index contributed by atoms with van der Waals surface area (Å²) >= 11 is 5.68. The molecule has 0 aromatic heterocycles. The highest BCUT2D eigenvalue weighted by Gasteiger charge is 2.17. The molecule has 1 atom stereocenters. The molecule has 3 heteroatoms. The molecule has 0 saturated heterocycles. The summed E-state index contributed by atoms with van der Waals surface area (Å²) in [7, 11) is 0. The minimum Gasteiger partial charge on any atom is -0.327 e. The van der Waals surface area contributed by atoms with E-state index in [2.05, 4.69) is 0 Å². The van der Waals surface area contributed by atoms with Gasteiger partial charge in [-0.15, -0.1) is 0 Å². The number of fused-ring (bicyclic) bond motifs is 1. The predicted octanol–water partition coefficient (Wildman–Crippen LogP) is 2.30. The van der Waals surface area contributed by atoms with Gasteiger partial charge in [0.15, 0.2) is 0 Å². The average molecular weight is 200 g/mol.